The Morgan fingerprint density at radius 3 is 1.96 bits per heavy atom. The third kappa shape index (κ3) is 2.17. The Labute approximate surface area is 154 Å². The van der Waals surface area contributed by atoms with Crippen LogP contribution in [0.15, 0.2) is 72.8 Å². The molecule has 4 aromatic carbocycles. The summed E-state index contributed by atoms with van der Waals surface area (Å²) in [6.45, 7) is 2.16. The van der Waals surface area contributed by atoms with E-state index >= 15 is 0 Å². The van der Waals surface area contributed by atoms with Crippen LogP contribution >= 0.6 is 0 Å². The van der Waals surface area contributed by atoms with Crippen molar-refractivity contribution in [2.24, 2.45) is 0 Å². The normalized spacial score (nSPS) is 12.7. The number of nitrogen functional groups attached to an aromatic ring is 1. The number of hydrogen-bond donors (Lipinski definition) is 1. The molecule has 0 aliphatic heterocycles. The topological polar surface area (TPSA) is 26.0 Å². The average Bonchev–Trinajstić information content (AvgIpc) is 2.68. The molecular formula is C25H21N. The molecule has 0 saturated heterocycles. The molecular weight excluding hydrogens is 314 g/mol. The van der Waals surface area contributed by atoms with Crippen LogP contribution in [0.4, 0.5) is 5.69 Å². The smallest absolute Gasteiger partial charge is 0.0439 e. The Kier molecular flexibility index (Phi) is 3.36. The van der Waals surface area contributed by atoms with E-state index in [0.29, 0.717) is 0 Å². The molecule has 1 aliphatic carbocycles. The highest BCUT2D eigenvalue weighted by Crippen LogP contribution is 2.43. The van der Waals surface area contributed by atoms with Crippen LogP contribution in [0.1, 0.15) is 27.8 Å². The minimum absolute atomic E-state index is 0.918. The molecule has 126 valence electrons. The summed E-state index contributed by atoms with van der Waals surface area (Å²) in [5.41, 5.74) is 17.0. The highest BCUT2D eigenvalue weighted by molar-refractivity contribution is 6.06. The molecule has 0 amide bonds. The van der Waals surface area contributed by atoms with E-state index in [9.17, 15) is 0 Å². The highest BCUT2D eigenvalue weighted by atomic mass is 14.6. The summed E-state index contributed by atoms with van der Waals surface area (Å²) in [7, 11) is 0. The van der Waals surface area contributed by atoms with Gasteiger partial charge in [-0.25, -0.2) is 0 Å². The quantitative estimate of drug-likeness (QED) is 0.380. The molecule has 1 aliphatic rings. The first-order valence-corrected chi connectivity index (χ1v) is 9.18. The third-order valence-corrected chi connectivity index (χ3v) is 5.75. The molecule has 2 N–H and O–H groups in total. The van der Waals surface area contributed by atoms with Crippen molar-refractivity contribution in [2.45, 2.75) is 19.8 Å². The molecule has 0 spiro atoms. The van der Waals surface area contributed by atoms with Gasteiger partial charge in [-0.05, 0) is 57.5 Å². The molecule has 26 heavy (non-hydrogen) atoms. The predicted molar refractivity (Wildman–Crippen MR) is 111 cm³/mol. The van der Waals surface area contributed by atoms with Gasteiger partial charge in [0.1, 0.15) is 0 Å². The van der Waals surface area contributed by atoms with Crippen molar-refractivity contribution in [2.75, 3.05) is 5.73 Å². The SMILES string of the molecule is Cc1ccccc1-c1c(N)c2c(c3ccccc13)Cc1ccccc1C2. The van der Waals surface area contributed by atoms with Gasteiger partial charge in [-0.3, -0.25) is 0 Å². The second kappa shape index (κ2) is 5.74. The second-order valence-electron chi connectivity index (χ2n) is 7.23. The van der Waals surface area contributed by atoms with Gasteiger partial charge in [-0.1, -0.05) is 72.8 Å². The maximum absolute atomic E-state index is 6.83. The summed E-state index contributed by atoms with van der Waals surface area (Å²) in [6.07, 6.45) is 1.88. The first-order chi connectivity index (χ1) is 12.7. The van der Waals surface area contributed by atoms with Crippen molar-refractivity contribution in [1.29, 1.82) is 0 Å². The molecule has 0 unspecified atom stereocenters. The molecule has 0 bridgehead atoms. The minimum Gasteiger partial charge on any atom is -0.398 e. The molecule has 0 saturated carbocycles. The zero-order chi connectivity index (χ0) is 17.7. The number of anilines is 1. The van der Waals surface area contributed by atoms with Crippen molar-refractivity contribution in [3.05, 3.63) is 101 Å². The summed E-state index contributed by atoms with van der Waals surface area (Å²) < 4.78 is 0. The minimum atomic E-state index is 0.918. The second-order valence-corrected chi connectivity index (χ2v) is 7.23. The Morgan fingerprint density at radius 2 is 1.23 bits per heavy atom. The van der Waals surface area contributed by atoms with E-state index < -0.39 is 0 Å². The molecule has 0 heterocycles. The summed E-state index contributed by atoms with van der Waals surface area (Å²) in [6, 6.07) is 26.0. The van der Waals surface area contributed by atoms with Crippen LogP contribution in [0, 0.1) is 6.92 Å². The lowest BCUT2D eigenvalue weighted by molar-refractivity contribution is 1.02. The number of hydrogen-bond acceptors (Lipinski definition) is 1. The van der Waals surface area contributed by atoms with Gasteiger partial charge in [0.15, 0.2) is 0 Å². The van der Waals surface area contributed by atoms with Gasteiger partial charge < -0.3 is 5.73 Å². The van der Waals surface area contributed by atoms with Gasteiger partial charge in [0.25, 0.3) is 0 Å². The van der Waals surface area contributed by atoms with Gasteiger partial charge >= 0.3 is 0 Å². The van der Waals surface area contributed by atoms with Gasteiger partial charge in [0.05, 0.1) is 0 Å². The summed E-state index contributed by atoms with van der Waals surface area (Å²) in [4.78, 5) is 0. The fourth-order valence-electron chi connectivity index (χ4n) is 4.42. The van der Waals surface area contributed by atoms with Crippen LogP contribution in [0.3, 0.4) is 0 Å². The van der Waals surface area contributed by atoms with Crippen molar-refractivity contribution in [3.8, 4) is 11.1 Å². The van der Waals surface area contributed by atoms with Crippen molar-refractivity contribution < 1.29 is 0 Å². The van der Waals surface area contributed by atoms with Crippen molar-refractivity contribution in [1.82, 2.24) is 0 Å². The maximum Gasteiger partial charge on any atom is 0.0439 e. The Hall–Kier alpha value is -3.06. The van der Waals surface area contributed by atoms with E-state index in [1.54, 1.807) is 0 Å². The lowest BCUT2D eigenvalue weighted by Crippen LogP contribution is -2.12. The summed E-state index contributed by atoms with van der Waals surface area (Å²) in [5, 5.41) is 2.60. The number of rotatable bonds is 1. The largest absolute Gasteiger partial charge is 0.398 e. The van der Waals surface area contributed by atoms with Crippen molar-refractivity contribution >= 4 is 16.5 Å². The van der Waals surface area contributed by atoms with Gasteiger partial charge in [0.2, 0.25) is 0 Å². The van der Waals surface area contributed by atoms with Gasteiger partial charge in [0, 0.05) is 17.7 Å². The van der Waals surface area contributed by atoms with Gasteiger partial charge in [-0.2, -0.15) is 0 Å². The predicted octanol–water partition coefficient (Wildman–Crippen LogP) is 5.89. The maximum atomic E-state index is 6.83. The first-order valence-electron chi connectivity index (χ1n) is 9.18. The average molecular weight is 335 g/mol. The Bertz CT molecular complexity index is 1150. The standard InChI is InChI=1S/C25H21N/c1-16-8-2-5-11-19(16)24-21-13-7-6-12-20(21)22-14-17-9-3-4-10-18(17)15-23(22)25(24)26/h2-13H,14-15,26H2,1H3. The lowest BCUT2D eigenvalue weighted by Gasteiger charge is -2.26. The van der Waals surface area contributed by atoms with E-state index in [-0.39, 0.29) is 0 Å². The first kappa shape index (κ1) is 15.2. The van der Waals surface area contributed by atoms with Gasteiger partial charge in [-0.15, -0.1) is 0 Å². The fourth-order valence-corrected chi connectivity index (χ4v) is 4.42. The molecule has 0 atom stereocenters. The zero-order valence-electron chi connectivity index (χ0n) is 14.9. The van der Waals surface area contributed by atoms with E-state index in [2.05, 4.69) is 79.7 Å². The van der Waals surface area contributed by atoms with Crippen LogP contribution < -0.4 is 5.73 Å². The van der Waals surface area contributed by atoms with Crippen LogP contribution in [0.5, 0.6) is 0 Å². The number of aryl methyl sites for hydroxylation is 1. The monoisotopic (exact) mass is 335 g/mol. The molecule has 5 rings (SSSR count). The molecule has 0 fully saturated rings. The van der Waals surface area contributed by atoms with E-state index in [1.807, 2.05) is 0 Å². The van der Waals surface area contributed by atoms with E-state index in [0.717, 1.165) is 18.5 Å². The third-order valence-electron chi connectivity index (χ3n) is 5.75. The van der Waals surface area contributed by atoms with Crippen LogP contribution in [0.2, 0.25) is 0 Å². The lowest BCUT2D eigenvalue weighted by atomic mass is 9.79. The molecule has 1 heteroatoms. The van der Waals surface area contributed by atoms with Crippen LogP contribution in [-0.2, 0) is 12.8 Å². The number of fused-ring (bicyclic) bond motifs is 4. The molecule has 4 aromatic rings. The summed E-state index contributed by atoms with van der Waals surface area (Å²) >= 11 is 0. The van der Waals surface area contributed by atoms with E-state index in [4.69, 9.17) is 5.73 Å². The van der Waals surface area contributed by atoms with Crippen LogP contribution in [-0.4, -0.2) is 0 Å². The Balaban J connectivity index is 1.87. The number of benzene rings is 4. The zero-order valence-corrected chi connectivity index (χ0v) is 14.9. The molecule has 0 aromatic heterocycles. The highest BCUT2D eigenvalue weighted by Gasteiger charge is 2.23. The van der Waals surface area contributed by atoms with Crippen LogP contribution in [0.25, 0.3) is 21.9 Å². The number of nitrogens with two attached hydrogens (primary N) is 1. The molecule has 1 nitrogen and oxygen atoms in total. The summed E-state index contributed by atoms with van der Waals surface area (Å²) in [5.74, 6) is 0. The van der Waals surface area contributed by atoms with E-state index in [1.165, 1.54) is 49.7 Å². The fraction of sp³-hybridized carbons (Fsp3) is 0.120. The Morgan fingerprint density at radius 1 is 0.654 bits per heavy atom. The van der Waals surface area contributed by atoms with Crippen molar-refractivity contribution in [3.63, 3.8) is 0 Å². The molecule has 0 radical (unpaired) electrons.